The molecule has 0 aromatic carbocycles. The fourth-order valence-electron chi connectivity index (χ4n) is 2.73. The van der Waals surface area contributed by atoms with Gasteiger partial charge in [-0.25, -0.2) is 9.59 Å². The third kappa shape index (κ3) is 6.89. The SMILES string of the molecule is C=C(C)C(=O)OC1C=CC(C2C=CC(/C=C/C(=O)OC(C)(C)C)=CC2)=CC1. The highest BCUT2D eigenvalue weighted by atomic mass is 16.6. The first-order valence-corrected chi connectivity index (χ1v) is 9.18. The van der Waals surface area contributed by atoms with Crippen molar-refractivity contribution in [3.05, 3.63) is 71.9 Å². The minimum atomic E-state index is -0.486. The summed E-state index contributed by atoms with van der Waals surface area (Å²) >= 11 is 0. The monoisotopic (exact) mass is 368 g/mol. The van der Waals surface area contributed by atoms with E-state index in [0.29, 0.717) is 12.0 Å². The van der Waals surface area contributed by atoms with Crippen LogP contribution in [0.1, 0.15) is 40.5 Å². The lowest BCUT2D eigenvalue weighted by molar-refractivity contribution is -0.148. The van der Waals surface area contributed by atoms with Crippen molar-refractivity contribution in [2.45, 2.75) is 52.2 Å². The van der Waals surface area contributed by atoms with Crippen molar-refractivity contribution in [1.29, 1.82) is 0 Å². The van der Waals surface area contributed by atoms with E-state index in [0.717, 1.165) is 12.0 Å². The summed E-state index contributed by atoms with van der Waals surface area (Å²) in [5.41, 5.74) is 2.12. The van der Waals surface area contributed by atoms with Gasteiger partial charge in [-0.05, 0) is 57.4 Å². The second kappa shape index (κ2) is 8.85. The van der Waals surface area contributed by atoms with Gasteiger partial charge in [0, 0.05) is 24.0 Å². The van der Waals surface area contributed by atoms with E-state index in [9.17, 15) is 9.59 Å². The predicted molar refractivity (Wildman–Crippen MR) is 107 cm³/mol. The number of rotatable bonds is 5. The van der Waals surface area contributed by atoms with Gasteiger partial charge < -0.3 is 9.47 Å². The molecule has 0 spiro atoms. The van der Waals surface area contributed by atoms with Crippen LogP contribution in [-0.2, 0) is 19.1 Å². The first kappa shape index (κ1) is 20.7. The van der Waals surface area contributed by atoms with Crippen LogP contribution in [-0.4, -0.2) is 23.6 Å². The van der Waals surface area contributed by atoms with Gasteiger partial charge in [-0.2, -0.15) is 0 Å². The van der Waals surface area contributed by atoms with E-state index in [1.54, 1.807) is 13.0 Å². The Kier molecular flexibility index (Phi) is 6.78. The summed E-state index contributed by atoms with van der Waals surface area (Å²) in [6.07, 6.45) is 16.8. The van der Waals surface area contributed by atoms with Crippen molar-refractivity contribution in [3.63, 3.8) is 0 Å². The van der Waals surface area contributed by atoms with Gasteiger partial charge in [0.25, 0.3) is 0 Å². The number of hydrogen-bond donors (Lipinski definition) is 0. The van der Waals surface area contributed by atoms with Gasteiger partial charge in [0.1, 0.15) is 11.7 Å². The maximum atomic E-state index is 11.7. The van der Waals surface area contributed by atoms with E-state index in [1.165, 1.54) is 11.6 Å². The van der Waals surface area contributed by atoms with E-state index in [4.69, 9.17) is 9.47 Å². The predicted octanol–water partition coefficient (Wildman–Crippen LogP) is 4.76. The Morgan fingerprint density at radius 1 is 1.15 bits per heavy atom. The second-order valence-corrected chi connectivity index (χ2v) is 7.80. The molecule has 0 bridgehead atoms. The van der Waals surface area contributed by atoms with Gasteiger partial charge in [-0.1, -0.05) is 37.0 Å². The van der Waals surface area contributed by atoms with Crippen LogP contribution in [0.4, 0.5) is 0 Å². The van der Waals surface area contributed by atoms with Crippen LogP contribution in [0.3, 0.4) is 0 Å². The summed E-state index contributed by atoms with van der Waals surface area (Å²) in [5.74, 6) is -0.409. The first-order chi connectivity index (χ1) is 12.6. The second-order valence-electron chi connectivity index (χ2n) is 7.80. The molecule has 0 aliphatic heterocycles. The van der Waals surface area contributed by atoms with Crippen molar-refractivity contribution in [2.75, 3.05) is 0 Å². The largest absolute Gasteiger partial charge is 0.457 e. The van der Waals surface area contributed by atoms with Crippen molar-refractivity contribution in [2.24, 2.45) is 5.92 Å². The molecule has 4 nitrogen and oxygen atoms in total. The maximum absolute atomic E-state index is 11.7. The first-order valence-electron chi connectivity index (χ1n) is 9.18. The van der Waals surface area contributed by atoms with E-state index >= 15 is 0 Å². The zero-order valence-electron chi connectivity index (χ0n) is 16.5. The van der Waals surface area contributed by atoms with Gasteiger partial charge in [0.05, 0.1) is 0 Å². The number of ether oxygens (including phenoxy) is 2. The molecular weight excluding hydrogens is 340 g/mol. The standard InChI is InChI=1S/C23H28O4/c1-16(2)22(25)26-20-13-11-19(12-14-20)18-9-6-17(7-10-18)8-15-21(24)27-23(3,4)5/h6-9,11-13,15,18,20H,1,10,14H2,2-5H3/b15-8+. The minimum absolute atomic E-state index is 0.228. The molecule has 0 aromatic heterocycles. The Labute approximate surface area is 161 Å². The Hall–Kier alpha value is -2.62. The number of carbonyl (C=O) groups excluding carboxylic acids is 2. The molecule has 2 aliphatic carbocycles. The highest BCUT2D eigenvalue weighted by Gasteiger charge is 2.18. The van der Waals surface area contributed by atoms with Crippen LogP contribution in [0, 0.1) is 5.92 Å². The lowest BCUT2D eigenvalue weighted by atomic mass is 9.87. The molecule has 2 unspecified atom stereocenters. The normalized spacial score (nSPS) is 22.2. The van der Waals surface area contributed by atoms with Crippen molar-refractivity contribution in [3.8, 4) is 0 Å². The van der Waals surface area contributed by atoms with Crippen molar-refractivity contribution >= 4 is 11.9 Å². The molecule has 0 saturated heterocycles. The number of esters is 2. The van der Waals surface area contributed by atoms with E-state index < -0.39 is 5.60 Å². The highest BCUT2D eigenvalue weighted by molar-refractivity contribution is 5.87. The average Bonchev–Trinajstić information content (AvgIpc) is 2.59. The van der Waals surface area contributed by atoms with E-state index in [-0.39, 0.29) is 24.0 Å². The Morgan fingerprint density at radius 3 is 2.41 bits per heavy atom. The Bertz CT molecular complexity index is 754. The zero-order valence-corrected chi connectivity index (χ0v) is 16.5. The molecule has 27 heavy (non-hydrogen) atoms. The lowest BCUT2D eigenvalue weighted by Gasteiger charge is -2.22. The Morgan fingerprint density at radius 2 is 1.89 bits per heavy atom. The van der Waals surface area contributed by atoms with Crippen LogP contribution in [0.25, 0.3) is 0 Å². The number of hydrogen-bond acceptors (Lipinski definition) is 4. The van der Waals surface area contributed by atoms with Gasteiger partial charge in [-0.15, -0.1) is 0 Å². The molecule has 2 aliphatic rings. The molecular formula is C23H28O4. The third-order valence-corrected chi connectivity index (χ3v) is 4.07. The third-order valence-electron chi connectivity index (χ3n) is 4.07. The summed E-state index contributed by atoms with van der Waals surface area (Å²) in [6, 6.07) is 0. The molecule has 0 radical (unpaired) electrons. The highest BCUT2D eigenvalue weighted by Crippen LogP contribution is 2.28. The molecule has 2 rings (SSSR count). The topological polar surface area (TPSA) is 52.6 Å². The van der Waals surface area contributed by atoms with Crippen LogP contribution < -0.4 is 0 Å². The molecule has 2 atom stereocenters. The fraction of sp³-hybridized carbons (Fsp3) is 0.391. The molecule has 4 heteroatoms. The van der Waals surface area contributed by atoms with E-state index in [1.807, 2.05) is 39.0 Å². The van der Waals surface area contributed by atoms with Gasteiger partial charge in [0.15, 0.2) is 0 Å². The van der Waals surface area contributed by atoms with Crippen molar-refractivity contribution in [1.82, 2.24) is 0 Å². The molecule has 0 heterocycles. The van der Waals surface area contributed by atoms with E-state index in [2.05, 4.69) is 24.8 Å². The number of allylic oxidation sites excluding steroid dienone is 7. The van der Waals surface area contributed by atoms with Crippen LogP contribution in [0.5, 0.6) is 0 Å². The van der Waals surface area contributed by atoms with Crippen molar-refractivity contribution < 1.29 is 19.1 Å². The molecule has 0 fully saturated rings. The Balaban J connectivity index is 1.85. The maximum Gasteiger partial charge on any atom is 0.333 e. The van der Waals surface area contributed by atoms with Gasteiger partial charge in [-0.3, -0.25) is 0 Å². The summed E-state index contributed by atoms with van der Waals surface area (Å²) in [4.78, 5) is 23.3. The summed E-state index contributed by atoms with van der Waals surface area (Å²) in [5, 5.41) is 0. The average molecular weight is 368 g/mol. The molecule has 0 N–H and O–H groups in total. The molecule has 0 amide bonds. The molecule has 144 valence electrons. The lowest BCUT2D eigenvalue weighted by Crippen LogP contribution is -2.22. The zero-order chi connectivity index (χ0) is 20.0. The van der Waals surface area contributed by atoms with Crippen LogP contribution >= 0.6 is 0 Å². The van der Waals surface area contributed by atoms with Gasteiger partial charge >= 0.3 is 11.9 Å². The van der Waals surface area contributed by atoms with Gasteiger partial charge in [0.2, 0.25) is 0 Å². The van der Waals surface area contributed by atoms with Crippen LogP contribution in [0.15, 0.2) is 71.9 Å². The fourth-order valence-corrected chi connectivity index (χ4v) is 2.73. The molecule has 0 aromatic rings. The summed E-state index contributed by atoms with van der Waals surface area (Å²) in [6.45, 7) is 10.8. The minimum Gasteiger partial charge on any atom is -0.457 e. The number of carbonyl (C=O) groups is 2. The summed E-state index contributed by atoms with van der Waals surface area (Å²) < 4.78 is 10.6. The smallest absolute Gasteiger partial charge is 0.333 e. The summed E-state index contributed by atoms with van der Waals surface area (Å²) in [7, 11) is 0. The quantitative estimate of drug-likeness (QED) is 0.518. The molecule has 0 saturated carbocycles. The van der Waals surface area contributed by atoms with Crippen LogP contribution in [0.2, 0.25) is 0 Å².